The molecule has 0 aromatic carbocycles. The maximum Gasteiger partial charge on any atom is 0.204 e. The number of ether oxygens (including phenoxy) is 2. The van der Waals surface area contributed by atoms with Gasteiger partial charge in [0.05, 0.1) is 20.3 Å². The predicted octanol–water partition coefficient (Wildman–Crippen LogP) is 0.363. The van der Waals surface area contributed by atoms with Gasteiger partial charge in [-0.3, -0.25) is 0 Å². The molecule has 0 aliphatic carbocycles. The highest BCUT2D eigenvalue weighted by molar-refractivity contribution is 5.64. The summed E-state index contributed by atoms with van der Waals surface area (Å²) in [5.41, 5.74) is 0. The molecule has 88 valence electrons. The van der Waals surface area contributed by atoms with E-state index in [0.717, 1.165) is 32.1 Å². The smallest absolute Gasteiger partial charge is 0.204 e. The molecule has 6 nitrogen and oxygen atoms in total. The van der Waals surface area contributed by atoms with Gasteiger partial charge < -0.3 is 19.7 Å². The summed E-state index contributed by atoms with van der Waals surface area (Å²) in [6.45, 7) is 3.11. The first-order valence-corrected chi connectivity index (χ1v) is 5.26. The third-order valence-corrected chi connectivity index (χ3v) is 2.54. The topological polar surface area (TPSA) is 59.5 Å². The van der Waals surface area contributed by atoms with Crippen LogP contribution in [-0.2, 0) is 4.74 Å². The first kappa shape index (κ1) is 10.9. The Kier molecular flexibility index (Phi) is 3.40. The Labute approximate surface area is 94.6 Å². The SMILES string of the molecule is CNc1ncnc(N2CCOCC2)c1OC. The zero-order chi connectivity index (χ0) is 11.4. The van der Waals surface area contributed by atoms with Crippen LogP contribution in [-0.4, -0.2) is 50.4 Å². The molecule has 0 amide bonds. The van der Waals surface area contributed by atoms with Crippen molar-refractivity contribution in [3.8, 4) is 5.75 Å². The van der Waals surface area contributed by atoms with Crippen molar-refractivity contribution in [1.29, 1.82) is 0 Å². The van der Waals surface area contributed by atoms with Gasteiger partial charge in [0.1, 0.15) is 6.33 Å². The number of nitrogens with one attached hydrogen (secondary N) is 1. The van der Waals surface area contributed by atoms with Crippen molar-refractivity contribution in [1.82, 2.24) is 9.97 Å². The molecular formula is C10H16N4O2. The molecule has 1 aliphatic rings. The molecular weight excluding hydrogens is 208 g/mol. The highest BCUT2D eigenvalue weighted by Gasteiger charge is 2.19. The molecule has 0 saturated carbocycles. The molecule has 1 fully saturated rings. The summed E-state index contributed by atoms with van der Waals surface area (Å²) in [4.78, 5) is 10.5. The third kappa shape index (κ3) is 2.01. The van der Waals surface area contributed by atoms with E-state index in [1.54, 1.807) is 13.4 Å². The van der Waals surface area contributed by atoms with E-state index in [9.17, 15) is 0 Å². The van der Waals surface area contributed by atoms with Gasteiger partial charge in [0.25, 0.3) is 0 Å². The Balaban J connectivity index is 2.30. The lowest BCUT2D eigenvalue weighted by molar-refractivity contribution is 0.122. The van der Waals surface area contributed by atoms with Crippen LogP contribution in [0.15, 0.2) is 6.33 Å². The second-order valence-corrected chi connectivity index (χ2v) is 3.43. The van der Waals surface area contributed by atoms with E-state index in [4.69, 9.17) is 9.47 Å². The van der Waals surface area contributed by atoms with Crippen molar-refractivity contribution in [2.45, 2.75) is 0 Å². The summed E-state index contributed by atoms with van der Waals surface area (Å²) in [5, 5.41) is 2.99. The van der Waals surface area contributed by atoms with Gasteiger partial charge in [-0.15, -0.1) is 0 Å². The number of hydrogen-bond acceptors (Lipinski definition) is 6. The van der Waals surface area contributed by atoms with E-state index in [1.165, 1.54) is 0 Å². The lowest BCUT2D eigenvalue weighted by atomic mass is 10.3. The lowest BCUT2D eigenvalue weighted by Gasteiger charge is -2.29. The molecule has 1 aromatic rings. The van der Waals surface area contributed by atoms with Gasteiger partial charge in [-0.05, 0) is 0 Å². The standard InChI is InChI=1S/C10H16N4O2/c1-11-9-8(15-2)10(13-7-12-9)14-3-5-16-6-4-14/h7H,3-6H2,1-2H3,(H,11,12,13). The molecule has 0 bridgehead atoms. The van der Waals surface area contributed by atoms with Gasteiger partial charge in [-0.2, -0.15) is 0 Å². The van der Waals surface area contributed by atoms with E-state index in [1.807, 2.05) is 7.05 Å². The van der Waals surface area contributed by atoms with Crippen LogP contribution < -0.4 is 15.0 Å². The largest absolute Gasteiger partial charge is 0.490 e. The quantitative estimate of drug-likeness (QED) is 0.800. The van der Waals surface area contributed by atoms with Crippen LogP contribution in [0.2, 0.25) is 0 Å². The Hall–Kier alpha value is -1.56. The summed E-state index contributed by atoms with van der Waals surface area (Å²) in [6, 6.07) is 0. The van der Waals surface area contributed by atoms with Crippen LogP contribution >= 0.6 is 0 Å². The summed E-state index contributed by atoms with van der Waals surface area (Å²) < 4.78 is 10.7. The van der Waals surface area contributed by atoms with Crippen LogP contribution in [0.5, 0.6) is 5.75 Å². The summed E-state index contributed by atoms with van der Waals surface area (Å²) in [7, 11) is 3.44. The Morgan fingerprint density at radius 2 is 2.12 bits per heavy atom. The molecule has 1 N–H and O–H groups in total. The van der Waals surface area contributed by atoms with E-state index < -0.39 is 0 Å². The number of methoxy groups -OCH3 is 1. The van der Waals surface area contributed by atoms with Crippen molar-refractivity contribution in [3.05, 3.63) is 6.33 Å². The molecule has 0 radical (unpaired) electrons. The van der Waals surface area contributed by atoms with E-state index in [0.29, 0.717) is 11.6 Å². The predicted molar refractivity (Wildman–Crippen MR) is 61.2 cm³/mol. The molecule has 1 aromatic heterocycles. The van der Waals surface area contributed by atoms with Gasteiger partial charge >= 0.3 is 0 Å². The van der Waals surface area contributed by atoms with E-state index >= 15 is 0 Å². The van der Waals surface area contributed by atoms with E-state index in [-0.39, 0.29) is 0 Å². The summed E-state index contributed by atoms with van der Waals surface area (Å²) >= 11 is 0. The van der Waals surface area contributed by atoms with Crippen molar-refractivity contribution in [2.75, 3.05) is 50.7 Å². The average Bonchev–Trinajstić information content (AvgIpc) is 2.38. The van der Waals surface area contributed by atoms with Gasteiger partial charge in [0.2, 0.25) is 5.75 Å². The maximum absolute atomic E-state index is 5.35. The van der Waals surface area contributed by atoms with Gasteiger partial charge in [-0.1, -0.05) is 0 Å². The van der Waals surface area contributed by atoms with Crippen LogP contribution in [0.3, 0.4) is 0 Å². The summed E-state index contributed by atoms with van der Waals surface area (Å²) in [6.07, 6.45) is 1.54. The zero-order valence-corrected chi connectivity index (χ0v) is 9.56. The molecule has 2 rings (SSSR count). The molecule has 2 heterocycles. The van der Waals surface area contributed by atoms with Gasteiger partial charge in [0, 0.05) is 20.1 Å². The fraction of sp³-hybridized carbons (Fsp3) is 0.600. The monoisotopic (exact) mass is 224 g/mol. The number of aromatic nitrogens is 2. The van der Waals surface area contributed by atoms with Crippen LogP contribution in [0, 0.1) is 0 Å². The van der Waals surface area contributed by atoms with Crippen molar-refractivity contribution >= 4 is 11.6 Å². The van der Waals surface area contributed by atoms with Crippen molar-refractivity contribution < 1.29 is 9.47 Å². The molecule has 1 saturated heterocycles. The second-order valence-electron chi connectivity index (χ2n) is 3.43. The maximum atomic E-state index is 5.35. The summed E-state index contributed by atoms with van der Waals surface area (Å²) in [5.74, 6) is 2.22. The molecule has 1 aliphatic heterocycles. The molecule has 0 spiro atoms. The van der Waals surface area contributed by atoms with Crippen molar-refractivity contribution in [2.24, 2.45) is 0 Å². The Bertz CT molecular complexity index is 353. The molecule has 0 unspecified atom stereocenters. The number of hydrogen-bond donors (Lipinski definition) is 1. The highest BCUT2D eigenvalue weighted by atomic mass is 16.5. The lowest BCUT2D eigenvalue weighted by Crippen LogP contribution is -2.37. The van der Waals surface area contributed by atoms with Crippen LogP contribution in [0.25, 0.3) is 0 Å². The third-order valence-electron chi connectivity index (χ3n) is 2.54. The molecule has 6 heteroatoms. The van der Waals surface area contributed by atoms with Gasteiger partial charge in [-0.25, -0.2) is 9.97 Å². The molecule has 16 heavy (non-hydrogen) atoms. The van der Waals surface area contributed by atoms with Crippen LogP contribution in [0.4, 0.5) is 11.6 Å². The highest BCUT2D eigenvalue weighted by Crippen LogP contribution is 2.31. The minimum Gasteiger partial charge on any atom is -0.490 e. The fourth-order valence-electron chi connectivity index (χ4n) is 1.73. The van der Waals surface area contributed by atoms with Crippen molar-refractivity contribution in [3.63, 3.8) is 0 Å². The zero-order valence-electron chi connectivity index (χ0n) is 9.56. The Morgan fingerprint density at radius 3 is 2.75 bits per heavy atom. The minimum absolute atomic E-state index is 0.687. The number of anilines is 2. The number of rotatable bonds is 3. The number of nitrogens with zero attached hydrogens (tertiary/aromatic N) is 3. The van der Waals surface area contributed by atoms with Crippen LogP contribution in [0.1, 0.15) is 0 Å². The first-order chi connectivity index (χ1) is 7.86. The average molecular weight is 224 g/mol. The van der Waals surface area contributed by atoms with Gasteiger partial charge in [0.15, 0.2) is 11.6 Å². The Morgan fingerprint density at radius 1 is 1.38 bits per heavy atom. The molecule has 0 atom stereocenters. The normalized spacial score (nSPS) is 16.0. The minimum atomic E-state index is 0.687. The first-order valence-electron chi connectivity index (χ1n) is 5.26. The second kappa shape index (κ2) is 4.98. The fourth-order valence-corrected chi connectivity index (χ4v) is 1.73. The number of morpholine rings is 1. The van der Waals surface area contributed by atoms with E-state index in [2.05, 4.69) is 20.2 Å².